The number of benzene rings is 2. The van der Waals surface area contributed by atoms with Crippen molar-refractivity contribution in [3.63, 3.8) is 0 Å². The van der Waals surface area contributed by atoms with Crippen molar-refractivity contribution < 1.29 is 0 Å². The predicted molar refractivity (Wildman–Crippen MR) is 87.4 cm³/mol. The van der Waals surface area contributed by atoms with Crippen LogP contribution in [-0.4, -0.2) is 11.2 Å². The van der Waals surface area contributed by atoms with E-state index < -0.39 is 0 Å². The van der Waals surface area contributed by atoms with Gasteiger partial charge in [-0.1, -0.05) is 42.5 Å². The monoisotopic (exact) mass is 283 g/mol. The lowest BCUT2D eigenvalue weighted by Crippen LogP contribution is -1.78. The van der Waals surface area contributed by atoms with Crippen LogP contribution in [0.5, 0.6) is 0 Å². The van der Waals surface area contributed by atoms with Crippen LogP contribution in [0.2, 0.25) is 0 Å². The SMILES string of the molecule is CS/C(=C/c1nc2ccccc2s1)c1ccccc1. The van der Waals surface area contributed by atoms with Crippen LogP contribution in [0.3, 0.4) is 0 Å². The molecule has 3 aromatic rings. The Kier molecular flexibility index (Phi) is 3.67. The molecule has 0 aliphatic heterocycles. The maximum atomic E-state index is 4.65. The van der Waals surface area contributed by atoms with E-state index in [4.69, 9.17) is 0 Å². The van der Waals surface area contributed by atoms with Gasteiger partial charge in [0.1, 0.15) is 5.01 Å². The topological polar surface area (TPSA) is 12.9 Å². The van der Waals surface area contributed by atoms with Gasteiger partial charge in [0.2, 0.25) is 0 Å². The molecule has 3 heteroatoms. The number of hydrogen-bond donors (Lipinski definition) is 0. The van der Waals surface area contributed by atoms with Crippen LogP contribution in [0.1, 0.15) is 10.6 Å². The van der Waals surface area contributed by atoms with Gasteiger partial charge in [-0.05, 0) is 30.0 Å². The highest BCUT2D eigenvalue weighted by atomic mass is 32.2. The molecule has 19 heavy (non-hydrogen) atoms. The van der Waals surface area contributed by atoms with Crippen LogP contribution in [0.4, 0.5) is 0 Å². The van der Waals surface area contributed by atoms with Crippen LogP contribution in [0.15, 0.2) is 54.6 Å². The fraction of sp³-hybridized carbons (Fsp3) is 0.0625. The smallest absolute Gasteiger partial charge is 0.118 e. The Bertz CT molecular complexity index is 681. The van der Waals surface area contributed by atoms with Gasteiger partial charge in [0.15, 0.2) is 0 Å². The molecular weight excluding hydrogens is 270 g/mol. The zero-order valence-electron chi connectivity index (χ0n) is 10.5. The lowest BCUT2D eigenvalue weighted by molar-refractivity contribution is 1.46. The molecule has 0 amide bonds. The second-order valence-electron chi connectivity index (χ2n) is 4.10. The van der Waals surface area contributed by atoms with Crippen molar-refractivity contribution in [2.75, 3.05) is 6.26 Å². The number of para-hydroxylation sites is 1. The van der Waals surface area contributed by atoms with Gasteiger partial charge < -0.3 is 0 Å². The van der Waals surface area contributed by atoms with Crippen LogP contribution in [0.25, 0.3) is 21.2 Å². The van der Waals surface area contributed by atoms with Crippen molar-refractivity contribution >= 4 is 44.3 Å². The summed E-state index contributed by atoms with van der Waals surface area (Å²) in [6, 6.07) is 18.7. The van der Waals surface area contributed by atoms with Crippen molar-refractivity contribution in [2.45, 2.75) is 0 Å². The van der Waals surface area contributed by atoms with E-state index in [0.717, 1.165) is 10.5 Å². The largest absolute Gasteiger partial charge is 0.237 e. The number of fused-ring (bicyclic) bond motifs is 1. The third-order valence-corrected chi connectivity index (χ3v) is 4.62. The number of hydrogen-bond acceptors (Lipinski definition) is 3. The molecule has 0 unspecified atom stereocenters. The molecule has 0 aliphatic carbocycles. The maximum absolute atomic E-state index is 4.65. The van der Waals surface area contributed by atoms with Crippen molar-refractivity contribution in [1.82, 2.24) is 4.98 Å². The summed E-state index contributed by atoms with van der Waals surface area (Å²) in [7, 11) is 0. The van der Waals surface area contributed by atoms with Crippen LogP contribution in [0, 0.1) is 0 Å². The first-order valence-corrected chi connectivity index (χ1v) is 8.07. The molecule has 1 nitrogen and oxygen atoms in total. The van der Waals surface area contributed by atoms with Crippen molar-refractivity contribution in [2.24, 2.45) is 0 Å². The Hall–Kier alpha value is -1.58. The zero-order chi connectivity index (χ0) is 13.1. The summed E-state index contributed by atoms with van der Waals surface area (Å²) in [5.41, 5.74) is 2.32. The molecule has 0 N–H and O–H groups in total. The van der Waals surface area contributed by atoms with E-state index in [2.05, 4.69) is 59.8 Å². The Labute approximate surface area is 121 Å². The van der Waals surface area contributed by atoms with Gasteiger partial charge in [-0.15, -0.1) is 23.1 Å². The lowest BCUT2D eigenvalue weighted by atomic mass is 10.2. The summed E-state index contributed by atoms with van der Waals surface area (Å²) < 4.78 is 1.24. The fourth-order valence-electron chi connectivity index (χ4n) is 1.93. The van der Waals surface area contributed by atoms with E-state index in [1.54, 1.807) is 23.1 Å². The summed E-state index contributed by atoms with van der Waals surface area (Å²) in [5.74, 6) is 0. The minimum absolute atomic E-state index is 1.06. The zero-order valence-corrected chi connectivity index (χ0v) is 12.2. The molecule has 3 rings (SSSR count). The molecule has 1 aromatic heterocycles. The highest BCUT2D eigenvalue weighted by Gasteiger charge is 2.04. The normalized spacial score (nSPS) is 11.9. The van der Waals surface area contributed by atoms with Crippen LogP contribution >= 0.6 is 23.1 Å². The minimum atomic E-state index is 1.06. The first-order valence-electron chi connectivity index (χ1n) is 6.03. The van der Waals surface area contributed by atoms with Crippen LogP contribution < -0.4 is 0 Å². The second-order valence-corrected chi connectivity index (χ2v) is 6.01. The summed E-state index contributed by atoms with van der Waals surface area (Å²) in [6.45, 7) is 0. The molecule has 0 spiro atoms. The van der Waals surface area contributed by atoms with Gasteiger partial charge in [-0.2, -0.15) is 0 Å². The minimum Gasteiger partial charge on any atom is -0.237 e. The molecule has 94 valence electrons. The van der Waals surface area contributed by atoms with E-state index in [0.29, 0.717) is 0 Å². The molecule has 0 bridgehead atoms. The molecule has 1 heterocycles. The molecule has 0 saturated carbocycles. The van der Waals surface area contributed by atoms with Gasteiger partial charge in [0, 0.05) is 4.91 Å². The van der Waals surface area contributed by atoms with E-state index in [9.17, 15) is 0 Å². The van der Waals surface area contributed by atoms with Gasteiger partial charge in [0.25, 0.3) is 0 Å². The van der Waals surface area contributed by atoms with Crippen molar-refractivity contribution in [3.8, 4) is 0 Å². The Balaban J connectivity index is 2.03. The van der Waals surface area contributed by atoms with Gasteiger partial charge in [-0.25, -0.2) is 4.98 Å². The average molecular weight is 283 g/mol. The van der Waals surface area contributed by atoms with E-state index in [-0.39, 0.29) is 0 Å². The summed E-state index contributed by atoms with van der Waals surface area (Å²) in [5, 5.41) is 1.06. The number of aromatic nitrogens is 1. The Morgan fingerprint density at radius 2 is 1.79 bits per heavy atom. The molecular formula is C16H13NS2. The molecule has 2 aromatic carbocycles. The quantitative estimate of drug-likeness (QED) is 0.658. The van der Waals surface area contributed by atoms with Gasteiger partial charge >= 0.3 is 0 Å². The van der Waals surface area contributed by atoms with E-state index >= 15 is 0 Å². The highest BCUT2D eigenvalue weighted by molar-refractivity contribution is 8.07. The van der Waals surface area contributed by atoms with Crippen molar-refractivity contribution in [1.29, 1.82) is 0 Å². The van der Waals surface area contributed by atoms with Gasteiger partial charge in [0.05, 0.1) is 10.2 Å². The predicted octanol–water partition coefficient (Wildman–Crippen LogP) is 5.16. The maximum Gasteiger partial charge on any atom is 0.118 e. The molecule has 0 aliphatic rings. The molecule has 0 fully saturated rings. The third kappa shape index (κ3) is 2.72. The Morgan fingerprint density at radius 3 is 2.53 bits per heavy atom. The molecule has 0 saturated heterocycles. The molecule has 0 atom stereocenters. The number of rotatable bonds is 3. The standard InChI is InChI=1S/C16H13NS2/c1-18-15(12-7-3-2-4-8-12)11-16-17-13-9-5-6-10-14(13)19-16/h2-11H,1H3/b15-11+. The van der Waals surface area contributed by atoms with E-state index in [1.807, 2.05) is 12.1 Å². The fourth-order valence-corrected chi connectivity index (χ4v) is 3.51. The lowest BCUT2D eigenvalue weighted by Gasteiger charge is -2.02. The van der Waals surface area contributed by atoms with Crippen LogP contribution in [-0.2, 0) is 0 Å². The number of nitrogens with zero attached hydrogens (tertiary/aromatic N) is 1. The summed E-state index contributed by atoms with van der Waals surface area (Å²) >= 11 is 3.49. The van der Waals surface area contributed by atoms with Gasteiger partial charge in [-0.3, -0.25) is 0 Å². The van der Waals surface area contributed by atoms with Crippen molar-refractivity contribution in [3.05, 3.63) is 65.2 Å². The number of thioether (sulfide) groups is 1. The molecule has 0 radical (unpaired) electrons. The summed E-state index contributed by atoms with van der Waals surface area (Å²) in [6.07, 6.45) is 4.27. The first kappa shape index (κ1) is 12.5. The highest BCUT2D eigenvalue weighted by Crippen LogP contribution is 2.30. The average Bonchev–Trinajstić information content (AvgIpc) is 2.88. The first-order chi connectivity index (χ1) is 9.36. The second kappa shape index (κ2) is 5.59. The number of thiazole rings is 1. The Morgan fingerprint density at radius 1 is 1.05 bits per heavy atom. The van der Waals surface area contributed by atoms with E-state index in [1.165, 1.54) is 15.2 Å². The third-order valence-electron chi connectivity index (χ3n) is 2.84. The summed E-state index contributed by atoms with van der Waals surface area (Å²) in [4.78, 5) is 5.90.